The molecule has 0 aliphatic heterocycles. The van der Waals surface area contributed by atoms with Gasteiger partial charge in [-0.3, -0.25) is 14.3 Å². The second kappa shape index (κ2) is 8.78. The number of hydrogen-bond donors (Lipinski definition) is 2. The van der Waals surface area contributed by atoms with Gasteiger partial charge in [0.2, 0.25) is 15.9 Å². The van der Waals surface area contributed by atoms with Gasteiger partial charge in [-0.25, -0.2) is 8.42 Å². The van der Waals surface area contributed by atoms with Crippen molar-refractivity contribution in [1.29, 1.82) is 0 Å². The van der Waals surface area contributed by atoms with Gasteiger partial charge in [0.1, 0.15) is 10.9 Å². The number of amides is 1. The zero-order chi connectivity index (χ0) is 20.0. The fraction of sp³-hybridized carbons (Fsp3) is 0.353. The molecule has 0 fully saturated rings. The van der Waals surface area contributed by atoms with Crippen LogP contribution in [0.25, 0.3) is 0 Å². The minimum Gasteiger partial charge on any atom is -0.480 e. The average Bonchev–Trinajstić information content (AvgIpc) is 3.08. The molecule has 10 heteroatoms. The number of benzene rings is 1. The van der Waals surface area contributed by atoms with E-state index in [2.05, 4.69) is 10.4 Å². The third-order valence-electron chi connectivity index (χ3n) is 3.90. The van der Waals surface area contributed by atoms with Gasteiger partial charge in [-0.2, -0.15) is 9.40 Å². The van der Waals surface area contributed by atoms with Crippen molar-refractivity contribution in [1.82, 2.24) is 19.4 Å². The number of hydrogen-bond acceptors (Lipinski definition) is 5. The Morgan fingerprint density at radius 2 is 1.96 bits per heavy atom. The molecule has 1 unspecified atom stereocenters. The Morgan fingerprint density at radius 3 is 2.56 bits per heavy atom. The van der Waals surface area contributed by atoms with Gasteiger partial charge < -0.3 is 10.4 Å². The largest absolute Gasteiger partial charge is 0.480 e. The molecule has 0 saturated heterocycles. The van der Waals surface area contributed by atoms with Crippen LogP contribution >= 0.6 is 0 Å². The van der Waals surface area contributed by atoms with Crippen LogP contribution in [0.15, 0.2) is 47.6 Å². The molecule has 2 N–H and O–H groups in total. The van der Waals surface area contributed by atoms with E-state index in [-0.39, 0.29) is 23.9 Å². The number of carboxylic acids is 1. The van der Waals surface area contributed by atoms with Gasteiger partial charge in [-0.1, -0.05) is 30.3 Å². The summed E-state index contributed by atoms with van der Waals surface area (Å²) in [6.45, 7) is 2.80. The minimum atomic E-state index is -4.10. The third kappa shape index (κ3) is 5.38. The molecule has 0 spiro atoms. The van der Waals surface area contributed by atoms with Crippen molar-refractivity contribution < 1.29 is 23.1 Å². The lowest BCUT2D eigenvalue weighted by molar-refractivity contribution is -0.140. The summed E-state index contributed by atoms with van der Waals surface area (Å²) in [4.78, 5) is 22.3. The SMILES string of the molecule is CC(=O)NCCN(C(C)C(=O)O)S(=O)(=O)c1cnn(Cc2ccccc2)c1. The summed E-state index contributed by atoms with van der Waals surface area (Å²) in [5.74, 6) is -1.61. The molecule has 0 aliphatic rings. The maximum Gasteiger partial charge on any atom is 0.321 e. The molecule has 0 aliphatic carbocycles. The molecule has 1 atom stereocenters. The molecule has 9 nitrogen and oxygen atoms in total. The molecule has 2 rings (SSSR count). The number of rotatable bonds is 9. The van der Waals surface area contributed by atoms with Crippen LogP contribution in [-0.4, -0.2) is 58.6 Å². The van der Waals surface area contributed by atoms with Crippen molar-refractivity contribution >= 4 is 21.9 Å². The van der Waals surface area contributed by atoms with E-state index in [9.17, 15) is 23.1 Å². The molecule has 1 heterocycles. The lowest BCUT2D eigenvalue weighted by atomic mass is 10.2. The van der Waals surface area contributed by atoms with E-state index in [4.69, 9.17) is 0 Å². The molecule has 0 bridgehead atoms. The van der Waals surface area contributed by atoms with E-state index in [0.717, 1.165) is 9.87 Å². The average molecular weight is 394 g/mol. The first kappa shape index (κ1) is 20.6. The molecule has 1 amide bonds. The molecule has 146 valence electrons. The van der Waals surface area contributed by atoms with Gasteiger partial charge >= 0.3 is 5.97 Å². The van der Waals surface area contributed by atoms with Crippen LogP contribution in [0.1, 0.15) is 19.4 Å². The van der Waals surface area contributed by atoms with Crippen LogP contribution in [0.4, 0.5) is 0 Å². The Balaban J connectivity index is 2.23. The van der Waals surface area contributed by atoms with Crippen LogP contribution in [0.5, 0.6) is 0 Å². The second-order valence-electron chi connectivity index (χ2n) is 5.97. The number of aromatic nitrogens is 2. The molecule has 1 aromatic carbocycles. The summed E-state index contributed by atoms with van der Waals surface area (Å²) in [7, 11) is -4.10. The first-order valence-corrected chi connectivity index (χ1v) is 9.71. The standard InChI is InChI=1S/C17H22N4O5S/c1-13(17(23)24)21(9-8-18-14(2)22)27(25,26)16-10-19-20(12-16)11-15-6-4-3-5-7-15/h3-7,10,12-13H,8-9,11H2,1-2H3,(H,18,22)(H,23,24). The molecule has 0 radical (unpaired) electrons. The second-order valence-corrected chi connectivity index (χ2v) is 7.86. The van der Waals surface area contributed by atoms with Gasteiger partial charge in [0.05, 0.1) is 12.7 Å². The first-order chi connectivity index (χ1) is 12.7. The molecular formula is C17H22N4O5S. The summed E-state index contributed by atoms with van der Waals surface area (Å²) in [6, 6.07) is 8.11. The van der Waals surface area contributed by atoms with E-state index in [1.165, 1.54) is 30.9 Å². The number of carbonyl (C=O) groups is 2. The maximum atomic E-state index is 12.9. The van der Waals surface area contributed by atoms with E-state index in [1.807, 2.05) is 30.3 Å². The summed E-state index contributed by atoms with van der Waals surface area (Å²) in [6.07, 6.45) is 2.56. The lowest BCUT2D eigenvalue weighted by Gasteiger charge is -2.25. The van der Waals surface area contributed by atoms with Crippen LogP contribution in [0, 0.1) is 0 Å². The van der Waals surface area contributed by atoms with E-state index < -0.39 is 22.0 Å². The summed E-state index contributed by atoms with van der Waals surface area (Å²) < 4.78 is 28.1. The Hall–Kier alpha value is -2.72. The van der Waals surface area contributed by atoms with Crippen molar-refractivity contribution in [3.8, 4) is 0 Å². The number of nitrogens with zero attached hydrogens (tertiary/aromatic N) is 3. The lowest BCUT2D eigenvalue weighted by Crippen LogP contribution is -2.46. The molecule has 27 heavy (non-hydrogen) atoms. The number of carboxylic acid groups (broad SMARTS) is 1. The zero-order valence-corrected chi connectivity index (χ0v) is 15.9. The third-order valence-corrected chi connectivity index (χ3v) is 5.82. The van der Waals surface area contributed by atoms with E-state index in [1.54, 1.807) is 0 Å². The molecular weight excluding hydrogens is 372 g/mol. The molecule has 0 saturated carbocycles. The van der Waals surface area contributed by atoms with Crippen molar-refractivity contribution in [2.75, 3.05) is 13.1 Å². The highest BCUT2D eigenvalue weighted by molar-refractivity contribution is 7.89. The van der Waals surface area contributed by atoms with Crippen LogP contribution < -0.4 is 5.32 Å². The minimum absolute atomic E-state index is 0.00430. The highest BCUT2D eigenvalue weighted by Crippen LogP contribution is 2.18. The number of carbonyl (C=O) groups excluding carboxylic acids is 1. The van der Waals surface area contributed by atoms with Crippen molar-refractivity contribution in [2.24, 2.45) is 0 Å². The predicted octanol–water partition coefficient (Wildman–Crippen LogP) is 0.531. The Kier molecular flexibility index (Phi) is 6.70. The van der Waals surface area contributed by atoms with Crippen LogP contribution in [0.2, 0.25) is 0 Å². The van der Waals surface area contributed by atoms with Gasteiger partial charge in [-0.05, 0) is 12.5 Å². The maximum absolute atomic E-state index is 12.9. The smallest absolute Gasteiger partial charge is 0.321 e. The Bertz CT molecular complexity index is 895. The fourth-order valence-electron chi connectivity index (χ4n) is 2.46. The summed E-state index contributed by atoms with van der Waals surface area (Å²) in [5, 5.41) is 15.8. The van der Waals surface area contributed by atoms with Crippen LogP contribution in [0.3, 0.4) is 0 Å². The number of sulfonamides is 1. The van der Waals surface area contributed by atoms with Gasteiger partial charge in [-0.15, -0.1) is 0 Å². The topological polar surface area (TPSA) is 122 Å². The van der Waals surface area contributed by atoms with Crippen molar-refractivity contribution in [2.45, 2.75) is 31.3 Å². The molecule has 1 aromatic heterocycles. The molecule has 2 aromatic rings. The van der Waals surface area contributed by atoms with Gasteiger partial charge in [0.25, 0.3) is 0 Å². The Morgan fingerprint density at radius 1 is 1.30 bits per heavy atom. The summed E-state index contributed by atoms with van der Waals surface area (Å²) >= 11 is 0. The highest BCUT2D eigenvalue weighted by Gasteiger charge is 2.33. The zero-order valence-electron chi connectivity index (χ0n) is 15.1. The van der Waals surface area contributed by atoms with Crippen LogP contribution in [-0.2, 0) is 26.2 Å². The normalized spacial score (nSPS) is 12.7. The fourth-order valence-corrected chi connectivity index (χ4v) is 4.00. The first-order valence-electron chi connectivity index (χ1n) is 8.27. The number of aliphatic carboxylic acids is 1. The highest BCUT2D eigenvalue weighted by atomic mass is 32.2. The summed E-state index contributed by atoms with van der Waals surface area (Å²) in [5.41, 5.74) is 0.950. The predicted molar refractivity (Wildman–Crippen MR) is 97.4 cm³/mol. The van der Waals surface area contributed by atoms with Crippen molar-refractivity contribution in [3.05, 3.63) is 48.3 Å². The van der Waals surface area contributed by atoms with Crippen molar-refractivity contribution in [3.63, 3.8) is 0 Å². The van der Waals surface area contributed by atoms with Gasteiger partial charge in [0.15, 0.2) is 0 Å². The van der Waals surface area contributed by atoms with E-state index >= 15 is 0 Å². The quantitative estimate of drug-likeness (QED) is 0.640. The monoisotopic (exact) mass is 394 g/mol. The van der Waals surface area contributed by atoms with E-state index in [0.29, 0.717) is 6.54 Å². The van der Waals surface area contributed by atoms with Gasteiger partial charge in [0, 0.05) is 26.2 Å². The number of nitrogens with one attached hydrogen (secondary N) is 1. The Labute approximate surface area is 157 Å².